The van der Waals surface area contributed by atoms with Gasteiger partial charge in [0.05, 0.1) is 12.7 Å². The van der Waals surface area contributed by atoms with Crippen LogP contribution in [0.4, 0.5) is 0 Å². The van der Waals surface area contributed by atoms with E-state index in [1.807, 2.05) is 26.0 Å². The average molecular weight is 460 g/mol. The third kappa shape index (κ3) is 7.21. The van der Waals surface area contributed by atoms with E-state index in [1.165, 1.54) is 20.3 Å². The van der Waals surface area contributed by atoms with E-state index in [-0.39, 0.29) is 30.6 Å². The predicted molar refractivity (Wildman–Crippen MR) is 126 cm³/mol. The highest BCUT2D eigenvalue weighted by Gasteiger charge is 2.25. The summed E-state index contributed by atoms with van der Waals surface area (Å²) in [6.45, 7) is 5.86. The molecule has 33 heavy (non-hydrogen) atoms. The maximum Gasteiger partial charge on any atom is 0.193 e. The Bertz CT molecular complexity index is 921. The molecule has 0 fully saturated rings. The molecule has 2 aromatic rings. The summed E-state index contributed by atoms with van der Waals surface area (Å²) in [7, 11) is 4.57. The van der Waals surface area contributed by atoms with E-state index in [1.54, 1.807) is 31.4 Å². The van der Waals surface area contributed by atoms with E-state index in [0.29, 0.717) is 17.9 Å². The van der Waals surface area contributed by atoms with Crippen molar-refractivity contribution in [3.05, 3.63) is 53.1 Å². The fourth-order valence-electron chi connectivity index (χ4n) is 3.18. The highest BCUT2D eigenvalue weighted by molar-refractivity contribution is 6.11. The minimum atomic E-state index is -0.409. The molecule has 0 saturated heterocycles. The van der Waals surface area contributed by atoms with Gasteiger partial charge in [-0.05, 0) is 36.9 Å². The van der Waals surface area contributed by atoms with Gasteiger partial charge in [-0.1, -0.05) is 32.1 Å². The van der Waals surface area contributed by atoms with Gasteiger partial charge in [0.2, 0.25) is 0 Å². The number of benzene rings is 2. The van der Waals surface area contributed by atoms with Crippen LogP contribution in [0.5, 0.6) is 23.0 Å². The quantitative estimate of drug-likeness (QED) is 0.257. The molecule has 2 aromatic carbocycles. The maximum atomic E-state index is 13.2. The van der Waals surface area contributed by atoms with Crippen LogP contribution in [-0.4, -0.2) is 63.8 Å². The number of carbonyl (C=O) groups is 1. The van der Waals surface area contributed by atoms with Gasteiger partial charge in [0, 0.05) is 26.8 Å². The lowest BCUT2D eigenvalue weighted by Crippen LogP contribution is -2.23. The molecule has 0 aliphatic carbocycles. The number of rotatable bonds is 14. The molecule has 8 heteroatoms. The molecule has 0 heterocycles. The smallest absolute Gasteiger partial charge is 0.193 e. The fourth-order valence-corrected chi connectivity index (χ4v) is 3.18. The molecule has 0 aromatic heterocycles. The number of carbonyl (C=O) groups excluding carboxylic acids is 1. The predicted octanol–water partition coefficient (Wildman–Crippen LogP) is 4.10. The average Bonchev–Trinajstić information content (AvgIpc) is 2.84. The molecular weight excluding hydrogens is 426 g/mol. The molecule has 0 radical (unpaired) electrons. The summed E-state index contributed by atoms with van der Waals surface area (Å²) in [5.74, 6) is 0.662. The van der Waals surface area contributed by atoms with Crippen LogP contribution < -0.4 is 14.2 Å². The molecule has 0 aliphatic rings. The first-order valence-corrected chi connectivity index (χ1v) is 10.7. The van der Waals surface area contributed by atoms with Crippen LogP contribution in [0.3, 0.4) is 0 Å². The number of nitrogens with zero attached hydrogens (tertiary/aromatic N) is 1. The molecule has 8 nitrogen and oxygen atoms in total. The molecule has 0 bridgehead atoms. The Morgan fingerprint density at radius 3 is 2.12 bits per heavy atom. The van der Waals surface area contributed by atoms with Gasteiger partial charge in [0.25, 0.3) is 0 Å². The van der Waals surface area contributed by atoms with Crippen LogP contribution in [-0.2, 0) is 16.0 Å². The molecule has 2 rings (SSSR count). The van der Waals surface area contributed by atoms with Crippen molar-refractivity contribution >= 4 is 11.9 Å². The number of allylic oxidation sites excluding steroid dienone is 1. The highest BCUT2D eigenvalue weighted by Crippen LogP contribution is 2.40. The first-order chi connectivity index (χ1) is 16.0. The fraction of sp³-hybridized carbons (Fsp3) is 0.400. The van der Waals surface area contributed by atoms with Gasteiger partial charge in [-0.2, -0.15) is 0 Å². The molecular formula is C25H33NO7. The number of ketones is 1. The summed E-state index contributed by atoms with van der Waals surface area (Å²) in [5, 5.41) is 11.2. The largest absolute Gasteiger partial charge is 0.507 e. The number of phenols is 1. The SMILES string of the molecule is CCN(CC)Cc1c(OCOC)cc(OCOC)c(C(=O)/C=C/c2ccc(OC)cc2)c1O. The second kappa shape index (κ2) is 13.5. The Balaban J connectivity index is 2.50. The highest BCUT2D eigenvalue weighted by atomic mass is 16.7. The molecule has 0 aliphatic heterocycles. The third-order valence-corrected chi connectivity index (χ3v) is 5.06. The molecule has 0 unspecified atom stereocenters. The number of ether oxygens (including phenoxy) is 5. The zero-order chi connectivity index (χ0) is 24.2. The topological polar surface area (TPSA) is 86.7 Å². The monoisotopic (exact) mass is 459 g/mol. The van der Waals surface area contributed by atoms with Crippen LogP contribution in [0.1, 0.15) is 35.3 Å². The first-order valence-electron chi connectivity index (χ1n) is 10.7. The van der Waals surface area contributed by atoms with E-state index in [2.05, 4.69) is 4.90 Å². The van der Waals surface area contributed by atoms with Crippen LogP contribution in [0, 0.1) is 0 Å². The maximum absolute atomic E-state index is 13.2. The summed E-state index contributed by atoms with van der Waals surface area (Å²) in [6, 6.07) is 8.86. The third-order valence-electron chi connectivity index (χ3n) is 5.06. The molecule has 0 atom stereocenters. The zero-order valence-electron chi connectivity index (χ0n) is 19.9. The molecule has 0 saturated carbocycles. The number of hydrogen-bond acceptors (Lipinski definition) is 8. The van der Waals surface area contributed by atoms with Gasteiger partial charge < -0.3 is 28.8 Å². The number of hydrogen-bond donors (Lipinski definition) is 1. The van der Waals surface area contributed by atoms with Crippen LogP contribution in [0.25, 0.3) is 6.08 Å². The summed E-state index contributed by atoms with van der Waals surface area (Å²) >= 11 is 0. The summed E-state index contributed by atoms with van der Waals surface area (Å²) < 4.78 is 26.5. The van der Waals surface area contributed by atoms with Gasteiger partial charge in [-0.15, -0.1) is 0 Å². The Morgan fingerprint density at radius 1 is 0.970 bits per heavy atom. The van der Waals surface area contributed by atoms with Gasteiger partial charge in [-0.3, -0.25) is 9.69 Å². The minimum absolute atomic E-state index is 0.0148. The van der Waals surface area contributed by atoms with Crippen molar-refractivity contribution in [2.24, 2.45) is 0 Å². The summed E-state index contributed by atoms with van der Waals surface area (Å²) in [5.41, 5.74) is 1.34. The van der Waals surface area contributed by atoms with Crippen LogP contribution in [0.2, 0.25) is 0 Å². The van der Waals surface area contributed by atoms with Crippen molar-refractivity contribution in [1.29, 1.82) is 0 Å². The van der Waals surface area contributed by atoms with Crippen LogP contribution >= 0.6 is 0 Å². The standard InChI is InChI=1S/C25H33NO7/c1-6-26(7-2)15-20-22(32-16-29-3)14-23(33-17-30-4)24(25(20)28)21(27)13-10-18-8-11-19(31-5)12-9-18/h8-14,28H,6-7,15-17H2,1-5H3/b13-10+. The number of aromatic hydroxyl groups is 1. The lowest BCUT2D eigenvalue weighted by atomic mass is 10.0. The summed E-state index contributed by atoms with van der Waals surface area (Å²) in [4.78, 5) is 15.3. The van der Waals surface area contributed by atoms with Crippen molar-refractivity contribution in [2.75, 3.05) is 48.0 Å². The first kappa shape index (κ1) is 26.2. The van der Waals surface area contributed by atoms with E-state index in [0.717, 1.165) is 24.4 Å². The van der Waals surface area contributed by atoms with Crippen LogP contribution in [0.15, 0.2) is 36.4 Å². The van der Waals surface area contributed by atoms with Gasteiger partial charge in [0.1, 0.15) is 28.6 Å². The molecule has 180 valence electrons. The molecule has 0 spiro atoms. The van der Waals surface area contributed by atoms with E-state index >= 15 is 0 Å². The van der Waals surface area contributed by atoms with Crippen molar-refractivity contribution in [3.63, 3.8) is 0 Å². The Hall–Kier alpha value is -3.07. The van der Waals surface area contributed by atoms with E-state index in [9.17, 15) is 9.90 Å². The normalized spacial score (nSPS) is 11.2. The summed E-state index contributed by atoms with van der Waals surface area (Å²) in [6.07, 6.45) is 3.06. The second-order valence-electron chi connectivity index (χ2n) is 7.11. The zero-order valence-corrected chi connectivity index (χ0v) is 19.9. The van der Waals surface area contributed by atoms with Crippen molar-refractivity contribution in [3.8, 4) is 23.0 Å². The number of phenolic OH excluding ortho intramolecular Hbond substituents is 1. The van der Waals surface area contributed by atoms with Crippen molar-refractivity contribution < 1.29 is 33.6 Å². The van der Waals surface area contributed by atoms with Gasteiger partial charge in [0.15, 0.2) is 19.4 Å². The second-order valence-corrected chi connectivity index (χ2v) is 7.11. The Morgan fingerprint density at radius 2 is 1.58 bits per heavy atom. The minimum Gasteiger partial charge on any atom is -0.507 e. The van der Waals surface area contributed by atoms with Gasteiger partial charge >= 0.3 is 0 Å². The van der Waals surface area contributed by atoms with Crippen molar-refractivity contribution in [2.45, 2.75) is 20.4 Å². The lowest BCUT2D eigenvalue weighted by Gasteiger charge is -2.23. The van der Waals surface area contributed by atoms with Gasteiger partial charge in [-0.25, -0.2) is 0 Å². The number of methoxy groups -OCH3 is 3. The molecule has 1 N–H and O–H groups in total. The Labute approximate surface area is 195 Å². The van der Waals surface area contributed by atoms with E-state index < -0.39 is 5.78 Å². The Kier molecular flexibility index (Phi) is 10.7. The molecule has 0 amide bonds. The lowest BCUT2D eigenvalue weighted by molar-refractivity contribution is 0.0444. The van der Waals surface area contributed by atoms with E-state index in [4.69, 9.17) is 23.7 Å². The van der Waals surface area contributed by atoms with Crippen molar-refractivity contribution in [1.82, 2.24) is 4.90 Å².